The average Bonchev–Trinajstić information content (AvgIpc) is 2.78. The van der Waals surface area contributed by atoms with Crippen molar-refractivity contribution in [3.8, 4) is 11.5 Å². The average molecular weight is 425 g/mol. The van der Waals surface area contributed by atoms with Crippen LogP contribution >= 0.6 is 0 Å². The molecule has 0 aliphatic carbocycles. The molecule has 0 bridgehead atoms. The molecule has 0 atom stereocenters. The second-order valence-electron chi connectivity index (χ2n) is 7.79. The van der Waals surface area contributed by atoms with E-state index >= 15 is 0 Å². The Labute approximate surface area is 186 Å². The van der Waals surface area contributed by atoms with Gasteiger partial charge in [-0.2, -0.15) is 0 Å². The van der Waals surface area contributed by atoms with Gasteiger partial charge >= 0.3 is 0 Å². The quantitative estimate of drug-likeness (QED) is 0.415. The highest BCUT2D eigenvalue weighted by Crippen LogP contribution is 2.18. The molecule has 0 unspecified atom stereocenters. The van der Waals surface area contributed by atoms with E-state index in [4.69, 9.17) is 0 Å². The molecule has 1 aromatic carbocycles. The molecule has 0 spiro atoms. The Bertz CT molecular complexity index is 1200. The summed E-state index contributed by atoms with van der Waals surface area (Å²) in [5, 5.41) is 10.0. The standard InChI is InChI=1S/C24H24N8/c1-16-3-2-4-20(28-16)24-27-12-10-22(32-24)30-21-9-11-26-23(31-21)13-17-5-7-18(8-6-17)29-19-14-25-15-19/h2-12,19,25,29H,13-15H2,1H3,(H,26,27,30,31,32). The second kappa shape index (κ2) is 9.07. The molecule has 1 saturated heterocycles. The van der Waals surface area contributed by atoms with Crippen molar-refractivity contribution in [1.29, 1.82) is 0 Å². The van der Waals surface area contributed by atoms with Crippen LogP contribution in [0, 0.1) is 6.92 Å². The summed E-state index contributed by atoms with van der Waals surface area (Å²) < 4.78 is 0. The third kappa shape index (κ3) is 4.87. The van der Waals surface area contributed by atoms with Crippen LogP contribution in [0.4, 0.5) is 17.3 Å². The maximum atomic E-state index is 4.65. The maximum absolute atomic E-state index is 4.65. The van der Waals surface area contributed by atoms with E-state index in [1.165, 1.54) is 0 Å². The molecule has 3 N–H and O–H groups in total. The molecule has 1 aliphatic rings. The predicted molar refractivity (Wildman–Crippen MR) is 125 cm³/mol. The van der Waals surface area contributed by atoms with Crippen LogP contribution in [-0.2, 0) is 6.42 Å². The van der Waals surface area contributed by atoms with Gasteiger partial charge in [0, 0.05) is 43.3 Å². The summed E-state index contributed by atoms with van der Waals surface area (Å²) in [5.74, 6) is 2.66. The van der Waals surface area contributed by atoms with E-state index in [0.717, 1.165) is 41.6 Å². The summed E-state index contributed by atoms with van der Waals surface area (Å²) in [5.41, 5.74) is 3.96. The fourth-order valence-electron chi connectivity index (χ4n) is 3.43. The van der Waals surface area contributed by atoms with Crippen LogP contribution in [0.15, 0.2) is 67.0 Å². The first-order valence-electron chi connectivity index (χ1n) is 10.6. The Kier molecular flexibility index (Phi) is 5.67. The highest BCUT2D eigenvalue weighted by atomic mass is 15.1. The smallest absolute Gasteiger partial charge is 0.180 e. The molecule has 3 aromatic heterocycles. The second-order valence-corrected chi connectivity index (χ2v) is 7.79. The van der Waals surface area contributed by atoms with Crippen molar-refractivity contribution in [3.05, 3.63) is 84.1 Å². The van der Waals surface area contributed by atoms with E-state index in [-0.39, 0.29) is 0 Å². The van der Waals surface area contributed by atoms with Gasteiger partial charge in [-0.1, -0.05) is 18.2 Å². The molecule has 8 nitrogen and oxygen atoms in total. The number of nitrogens with one attached hydrogen (secondary N) is 3. The van der Waals surface area contributed by atoms with Crippen molar-refractivity contribution >= 4 is 17.3 Å². The van der Waals surface area contributed by atoms with E-state index in [1.807, 2.05) is 37.3 Å². The molecule has 1 aliphatic heterocycles. The zero-order valence-corrected chi connectivity index (χ0v) is 17.8. The van der Waals surface area contributed by atoms with Gasteiger partial charge in [0.2, 0.25) is 0 Å². The number of rotatable bonds is 7. The molecule has 8 heteroatoms. The van der Waals surface area contributed by atoms with E-state index < -0.39 is 0 Å². The summed E-state index contributed by atoms with van der Waals surface area (Å²) >= 11 is 0. The predicted octanol–water partition coefficient (Wildman–Crippen LogP) is 3.36. The first-order valence-corrected chi connectivity index (χ1v) is 10.6. The first kappa shape index (κ1) is 20.0. The van der Waals surface area contributed by atoms with Crippen LogP contribution in [0.5, 0.6) is 0 Å². The Morgan fingerprint density at radius 1 is 0.875 bits per heavy atom. The Hall–Kier alpha value is -3.91. The number of aryl methyl sites for hydroxylation is 1. The van der Waals surface area contributed by atoms with Gasteiger partial charge in [0.15, 0.2) is 5.82 Å². The minimum absolute atomic E-state index is 0.524. The number of benzene rings is 1. The third-order valence-corrected chi connectivity index (χ3v) is 5.20. The van der Waals surface area contributed by atoms with Crippen LogP contribution in [-0.4, -0.2) is 44.1 Å². The van der Waals surface area contributed by atoms with Gasteiger partial charge in [-0.25, -0.2) is 24.9 Å². The highest BCUT2D eigenvalue weighted by Gasteiger charge is 2.15. The zero-order chi connectivity index (χ0) is 21.8. The van der Waals surface area contributed by atoms with Crippen molar-refractivity contribution in [3.63, 3.8) is 0 Å². The lowest BCUT2D eigenvalue weighted by Crippen LogP contribution is -2.51. The summed E-state index contributed by atoms with van der Waals surface area (Å²) in [4.78, 5) is 22.5. The summed E-state index contributed by atoms with van der Waals surface area (Å²) in [6.07, 6.45) is 4.13. The fraction of sp³-hybridized carbons (Fsp3) is 0.208. The summed E-state index contributed by atoms with van der Waals surface area (Å²) in [6.45, 7) is 3.99. The number of aromatic nitrogens is 5. The molecule has 160 valence electrons. The fourth-order valence-corrected chi connectivity index (χ4v) is 3.43. The van der Waals surface area contributed by atoms with Gasteiger partial charge in [0.05, 0.1) is 6.04 Å². The van der Waals surface area contributed by atoms with Gasteiger partial charge in [-0.05, 0) is 48.9 Å². The molecule has 0 saturated carbocycles. The topological polar surface area (TPSA) is 101 Å². The highest BCUT2D eigenvalue weighted by molar-refractivity contribution is 5.56. The largest absolute Gasteiger partial charge is 0.380 e. The molecule has 32 heavy (non-hydrogen) atoms. The first-order chi connectivity index (χ1) is 15.7. The van der Waals surface area contributed by atoms with Crippen LogP contribution in [0.1, 0.15) is 17.1 Å². The van der Waals surface area contributed by atoms with Gasteiger partial charge in [-0.15, -0.1) is 0 Å². The Balaban J connectivity index is 1.27. The number of hydrogen-bond acceptors (Lipinski definition) is 8. The van der Waals surface area contributed by atoms with Crippen LogP contribution in [0.3, 0.4) is 0 Å². The molecule has 0 amide bonds. The van der Waals surface area contributed by atoms with Crippen LogP contribution in [0.2, 0.25) is 0 Å². The minimum Gasteiger partial charge on any atom is -0.380 e. The number of anilines is 3. The minimum atomic E-state index is 0.524. The van der Waals surface area contributed by atoms with Gasteiger partial charge in [-0.3, -0.25) is 0 Å². The van der Waals surface area contributed by atoms with Gasteiger partial charge in [0.1, 0.15) is 23.2 Å². The molecule has 4 aromatic rings. The Morgan fingerprint density at radius 2 is 1.66 bits per heavy atom. The summed E-state index contributed by atoms with van der Waals surface area (Å²) in [7, 11) is 0. The van der Waals surface area contributed by atoms with Gasteiger partial charge < -0.3 is 16.0 Å². The molecule has 4 heterocycles. The van der Waals surface area contributed by atoms with Crippen molar-refractivity contribution in [1.82, 2.24) is 30.2 Å². The molecule has 5 rings (SSSR count). The van der Waals surface area contributed by atoms with Crippen molar-refractivity contribution in [2.45, 2.75) is 19.4 Å². The number of pyridine rings is 1. The SMILES string of the molecule is Cc1cccc(-c2nccc(Nc3ccnc(Cc4ccc(NC5CNC5)cc4)n3)n2)n1. The van der Waals surface area contributed by atoms with E-state index in [1.54, 1.807) is 12.4 Å². The zero-order valence-electron chi connectivity index (χ0n) is 17.8. The van der Waals surface area contributed by atoms with Crippen molar-refractivity contribution in [2.75, 3.05) is 23.7 Å². The van der Waals surface area contributed by atoms with E-state index in [9.17, 15) is 0 Å². The van der Waals surface area contributed by atoms with Crippen LogP contribution in [0.25, 0.3) is 11.5 Å². The van der Waals surface area contributed by atoms with Crippen LogP contribution < -0.4 is 16.0 Å². The normalized spacial score (nSPS) is 13.4. The number of nitrogens with zero attached hydrogens (tertiary/aromatic N) is 5. The van der Waals surface area contributed by atoms with E-state index in [0.29, 0.717) is 29.9 Å². The molecular weight excluding hydrogens is 400 g/mol. The van der Waals surface area contributed by atoms with Crippen molar-refractivity contribution in [2.24, 2.45) is 0 Å². The lowest BCUT2D eigenvalue weighted by Gasteiger charge is -2.29. The molecule has 0 radical (unpaired) electrons. The van der Waals surface area contributed by atoms with Gasteiger partial charge in [0.25, 0.3) is 0 Å². The Morgan fingerprint density at radius 3 is 2.41 bits per heavy atom. The summed E-state index contributed by atoms with van der Waals surface area (Å²) in [6, 6.07) is 18.4. The third-order valence-electron chi connectivity index (χ3n) is 5.20. The van der Waals surface area contributed by atoms with Crippen molar-refractivity contribution < 1.29 is 0 Å². The molecule has 1 fully saturated rings. The lowest BCUT2D eigenvalue weighted by molar-refractivity contribution is 0.472. The number of hydrogen-bond donors (Lipinski definition) is 3. The van der Waals surface area contributed by atoms with E-state index in [2.05, 4.69) is 65.1 Å². The maximum Gasteiger partial charge on any atom is 0.180 e. The lowest BCUT2D eigenvalue weighted by atomic mass is 10.1. The monoisotopic (exact) mass is 424 g/mol. The molecular formula is C24H24N8.